The maximum atomic E-state index is 13.6. The van der Waals surface area contributed by atoms with Gasteiger partial charge in [-0.25, -0.2) is 14.4 Å². The fraction of sp³-hybridized carbons (Fsp3) is 0.600. The number of nitrogens with zero attached hydrogens (tertiary/aromatic N) is 3. The van der Waals surface area contributed by atoms with Gasteiger partial charge in [-0.1, -0.05) is 11.6 Å². The van der Waals surface area contributed by atoms with E-state index in [-0.39, 0.29) is 23.6 Å². The monoisotopic (exact) mass is 466 g/mol. The highest BCUT2D eigenvalue weighted by molar-refractivity contribution is 6.29. The van der Waals surface area contributed by atoms with E-state index in [0.29, 0.717) is 25.3 Å². The molecule has 32 heavy (non-hydrogen) atoms. The second-order valence-electron chi connectivity index (χ2n) is 8.80. The largest absolute Gasteiger partial charge is 0.356 e. The third kappa shape index (κ3) is 4.67. The van der Waals surface area contributed by atoms with E-state index in [0.717, 1.165) is 24.3 Å². The van der Waals surface area contributed by atoms with Gasteiger partial charge in [0.1, 0.15) is 11.7 Å². The molecular weight excluding hydrogens is 443 g/mol. The zero-order chi connectivity index (χ0) is 22.9. The first-order valence-electron chi connectivity index (χ1n) is 10.5. The molecule has 3 aliphatic carbocycles. The van der Waals surface area contributed by atoms with Gasteiger partial charge in [0.2, 0.25) is 5.91 Å². The molecule has 10 nitrogen and oxygen atoms in total. The van der Waals surface area contributed by atoms with Crippen LogP contribution in [0.25, 0.3) is 0 Å². The van der Waals surface area contributed by atoms with Crippen LogP contribution in [-0.4, -0.2) is 63.4 Å². The van der Waals surface area contributed by atoms with Crippen molar-refractivity contribution in [2.24, 2.45) is 17.3 Å². The summed E-state index contributed by atoms with van der Waals surface area (Å²) in [6, 6.07) is -0.980. The lowest BCUT2D eigenvalue weighted by molar-refractivity contribution is -0.149. The van der Waals surface area contributed by atoms with E-state index in [1.165, 1.54) is 18.6 Å². The summed E-state index contributed by atoms with van der Waals surface area (Å²) >= 11 is 5.32. The van der Waals surface area contributed by atoms with E-state index < -0.39 is 35.3 Å². The molecule has 172 valence electrons. The fourth-order valence-electron chi connectivity index (χ4n) is 4.76. The predicted molar refractivity (Wildman–Crippen MR) is 109 cm³/mol. The number of amides is 4. The smallest absolute Gasteiger partial charge is 0.291 e. The highest BCUT2D eigenvalue weighted by atomic mass is 35.5. The van der Waals surface area contributed by atoms with Gasteiger partial charge < -0.3 is 10.6 Å². The summed E-state index contributed by atoms with van der Waals surface area (Å²) in [5, 5.41) is 6.02. The number of aromatic nitrogens is 2. The first-order valence-corrected chi connectivity index (χ1v) is 10.9. The van der Waals surface area contributed by atoms with Crippen molar-refractivity contribution in [2.45, 2.75) is 43.8 Å². The summed E-state index contributed by atoms with van der Waals surface area (Å²) in [6.07, 6.45) is 7.83. The highest BCUT2D eigenvalue weighted by Crippen LogP contribution is 2.66. The molecule has 3 N–H and O–H groups in total. The van der Waals surface area contributed by atoms with Gasteiger partial charge in [-0.3, -0.25) is 29.6 Å². The summed E-state index contributed by atoms with van der Waals surface area (Å²) in [5.41, 5.74) is 0.0242. The molecule has 0 aromatic carbocycles. The van der Waals surface area contributed by atoms with Crippen molar-refractivity contribution in [1.29, 1.82) is 0 Å². The van der Waals surface area contributed by atoms with Gasteiger partial charge in [0, 0.05) is 18.9 Å². The van der Waals surface area contributed by atoms with Gasteiger partial charge in [0.25, 0.3) is 23.4 Å². The van der Waals surface area contributed by atoms with Gasteiger partial charge in [0.05, 0.1) is 18.7 Å². The number of nitrogens with one attached hydrogen (secondary N) is 3. The normalized spacial score (nSPS) is 27.2. The van der Waals surface area contributed by atoms with Crippen LogP contribution in [0.3, 0.4) is 0 Å². The standard InChI is InChI=1S/C20H24ClFN6O4/c21-15(22)19(32)28(10-12-1-2-25-16(12)29)27-18(31)13(8-20-5-11(6-20)7-20)26-17(30)14-9-23-3-4-24-14/h3-4,9,11-13,15H,1-2,5-8,10H2,(H,25,29)(H,26,30)(H,27,31). The molecule has 1 aromatic heterocycles. The van der Waals surface area contributed by atoms with Crippen LogP contribution >= 0.6 is 11.6 Å². The summed E-state index contributed by atoms with van der Waals surface area (Å²) in [4.78, 5) is 57.7. The Kier molecular flexibility index (Phi) is 6.27. The molecule has 12 heteroatoms. The van der Waals surface area contributed by atoms with E-state index in [1.807, 2.05) is 0 Å². The Balaban J connectivity index is 1.47. The summed E-state index contributed by atoms with van der Waals surface area (Å²) in [7, 11) is 0. The number of rotatable bonds is 8. The molecule has 0 spiro atoms. The molecule has 3 unspecified atom stereocenters. The minimum atomic E-state index is -2.38. The molecule has 1 aliphatic heterocycles. The number of alkyl halides is 2. The minimum absolute atomic E-state index is 0.0163. The van der Waals surface area contributed by atoms with Crippen LogP contribution in [0.15, 0.2) is 18.6 Å². The lowest BCUT2D eigenvalue weighted by Crippen LogP contribution is -2.61. The van der Waals surface area contributed by atoms with E-state index >= 15 is 0 Å². The third-order valence-corrected chi connectivity index (χ3v) is 6.67. The lowest BCUT2D eigenvalue weighted by atomic mass is 9.43. The molecule has 1 aromatic rings. The van der Waals surface area contributed by atoms with Crippen LogP contribution in [0.4, 0.5) is 4.39 Å². The maximum absolute atomic E-state index is 13.6. The highest BCUT2D eigenvalue weighted by Gasteiger charge is 2.57. The molecule has 2 heterocycles. The lowest BCUT2D eigenvalue weighted by Gasteiger charge is -2.63. The molecule has 0 radical (unpaired) electrons. The molecule has 3 saturated carbocycles. The molecule has 1 saturated heterocycles. The first-order chi connectivity index (χ1) is 15.3. The van der Waals surface area contributed by atoms with E-state index in [4.69, 9.17) is 11.6 Å². The Morgan fingerprint density at radius 2 is 2.06 bits per heavy atom. The van der Waals surface area contributed by atoms with E-state index in [1.54, 1.807) is 0 Å². The van der Waals surface area contributed by atoms with Crippen molar-refractivity contribution in [2.75, 3.05) is 13.1 Å². The number of carbonyl (C=O) groups excluding carboxylic acids is 4. The summed E-state index contributed by atoms with van der Waals surface area (Å²) in [6.45, 7) is 0.210. The van der Waals surface area contributed by atoms with Crippen molar-refractivity contribution < 1.29 is 23.6 Å². The number of hydrazine groups is 1. The van der Waals surface area contributed by atoms with Gasteiger partial charge in [-0.15, -0.1) is 0 Å². The fourth-order valence-corrected chi connectivity index (χ4v) is 4.88. The van der Waals surface area contributed by atoms with Crippen LogP contribution in [0, 0.1) is 17.3 Å². The van der Waals surface area contributed by atoms with Crippen molar-refractivity contribution >= 4 is 35.2 Å². The SMILES string of the molecule is O=C(NC(CC12CC(C1)C2)C(=O)NN(CC1CCNC1=O)C(=O)C(F)Cl)c1cnccn1. The Morgan fingerprint density at radius 1 is 1.31 bits per heavy atom. The Morgan fingerprint density at radius 3 is 2.59 bits per heavy atom. The average Bonchev–Trinajstić information content (AvgIpc) is 3.12. The number of hydrogen-bond donors (Lipinski definition) is 3. The van der Waals surface area contributed by atoms with Crippen molar-refractivity contribution in [1.82, 2.24) is 31.0 Å². The van der Waals surface area contributed by atoms with Gasteiger partial charge in [-0.05, 0) is 43.4 Å². The van der Waals surface area contributed by atoms with Crippen LogP contribution in [0.1, 0.15) is 42.6 Å². The zero-order valence-corrected chi connectivity index (χ0v) is 18.0. The second-order valence-corrected chi connectivity index (χ2v) is 9.18. The van der Waals surface area contributed by atoms with Crippen LogP contribution in [0.2, 0.25) is 0 Å². The number of halogens is 2. The minimum Gasteiger partial charge on any atom is -0.356 e. The van der Waals surface area contributed by atoms with Gasteiger partial charge in [0.15, 0.2) is 0 Å². The molecule has 4 amide bonds. The average molecular weight is 467 g/mol. The van der Waals surface area contributed by atoms with Crippen molar-refractivity contribution in [3.05, 3.63) is 24.3 Å². The van der Waals surface area contributed by atoms with Gasteiger partial charge >= 0.3 is 0 Å². The molecule has 4 fully saturated rings. The Hall–Kier alpha value is -2.82. The second kappa shape index (κ2) is 8.97. The topological polar surface area (TPSA) is 133 Å². The van der Waals surface area contributed by atoms with Gasteiger partial charge in [-0.2, -0.15) is 0 Å². The number of carbonyl (C=O) groups is 4. The molecule has 5 rings (SSSR count). The third-order valence-electron chi connectivity index (χ3n) is 6.48. The molecule has 3 atom stereocenters. The Labute approximate surface area is 188 Å². The van der Waals surface area contributed by atoms with Crippen molar-refractivity contribution in [3.8, 4) is 0 Å². The number of hydrogen-bond acceptors (Lipinski definition) is 6. The van der Waals surface area contributed by atoms with Crippen LogP contribution in [0.5, 0.6) is 0 Å². The molecular formula is C20H24ClFN6O4. The first kappa shape index (κ1) is 22.4. The predicted octanol–water partition coefficient (Wildman–Crippen LogP) is 0.296. The maximum Gasteiger partial charge on any atom is 0.291 e. The van der Waals surface area contributed by atoms with E-state index in [2.05, 4.69) is 26.0 Å². The molecule has 4 aliphatic rings. The van der Waals surface area contributed by atoms with Crippen LogP contribution < -0.4 is 16.1 Å². The Bertz CT molecular complexity index is 900. The summed E-state index contributed by atoms with van der Waals surface area (Å²) in [5.74, 6) is -2.67. The summed E-state index contributed by atoms with van der Waals surface area (Å²) < 4.78 is 13.6. The zero-order valence-electron chi connectivity index (χ0n) is 17.2. The quantitative estimate of drug-likeness (QED) is 0.372. The van der Waals surface area contributed by atoms with Crippen LogP contribution in [-0.2, 0) is 14.4 Å². The molecule has 2 bridgehead atoms. The van der Waals surface area contributed by atoms with Crippen molar-refractivity contribution in [3.63, 3.8) is 0 Å². The van der Waals surface area contributed by atoms with E-state index in [9.17, 15) is 23.6 Å².